The van der Waals surface area contributed by atoms with Gasteiger partial charge in [-0.25, -0.2) is 0 Å². The van der Waals surface area contributed by atoms with Crippen molar-refractivity contribution in [2.45, 2.75) is 33.8 Å². The first kappa shape index (κ1) is 12.6. The van der Waals surface area contributed by atoms with Gasteiger partial charge in [0.1, 0.15) is 5.75 Å². The van der Waals surface area contributed by atoms with Crippen LogP contribution >= 0.6 is 0 Å². The SMILES string of the molecule is CC.Cc1cccc2c1N(C)C(=O)C(C)O2. The molecule has 1 aliphatic rings. The summed E-state index contributed by atoms with van der Waals surface area (Å²) in [5.41, 5.74) is 1.95. The summed E-state index contributed by atoms with van der Waals surface area (Å²) in [6, 6.07) is 5.80. The van der Waals surface area contributed by atoms with Crippen LogP contribution in [0.4, 0.5) is 5.69 Å². The summed E-state index contributed by atoms with van der Waals surface area (Å²) in [5.74, 6) is 0.798. The molecule has 0 aliphatic carbocycles. The maximum absolute atomic E-state index is 11.6. The molecule has 3 heteroatoms. The highest BCUT2D eigenvalue weighted by Gasteiger charge is 2.29. The summed E-state index contributed by atoms with van der Waals surface area (Å²) in [4.78, 5) is 13.3. The van der Waals surface area contributed by atoms with Crippen molar-refractivity contribution < 1.29 is 9.53 Å². The molecule has 0 spiro atoms. The number of likely N-dealkylation sites (N-methyl/N-ethyl adjacent to an activating group) is 1. The Bertz CT molecular complexity index is 388. The molecule has 16 heavy (non-hydrogen) atoms. The number of rotatable bonds is 0. The fourth-order valence-corrected chi connectivity index (χ4v) is 1.78. The first-order valence-corrected chi connectivity index (χ1v) is 5.65. The number of fused-ring (bicyclic) bond motifs is 1. The van der Waals surface area contributed by atoms with Gasteiger partial charge in [-0.1, -0.05) is 26.0 Å². The zero-order valence-corrected chi connectivity index (χ0v) is 10.6. The number of ether oxygens (including phenoxy) is 1. The molecule has 1 heterocycles. The number of amides is 1. The van der Waals surface area contributed by atoms with Crippen LogP contribution in [0, 0.1) is 6.92 Å². The molecule has 1 aliphatic heterocycles. The van der Waals surface area contributed by atoms with Crippen LogP contribution in [0.2, 0.25) is 0 Å². The van der Waals surface area contributed by atoms with Gasteiger partial charge in [0.15, 0.2) is 6.10 Å². The van der Waals surface area contributed by atoms with Crippen LogP contribution in [0.25, 0.3) is 0 Å². The van der Waals surface area contributed by atoms with E-state index in [4.69, 9.17) is 4.74 Å². The third-order valence-electron chi connectivity index (χ3n) is 2.52. The van der Waals surface area contributed by atoms with E-state index in [0.29, 0.717) is 0 Å². The summed E-state index contributed by atoms with van der Waals surface area (Å²) < 4.78 is 5.50. The number of hydrogen-bond donors (Lipinski definition) is 0. The van der Waals surface area contributed by atoms with Gasteiger partial charge in [0.05, 0.1) is 5.69 Å². The molecule has 0 bridgehead atoms. The van der Waals surface area contributed by atoms with Gasteiger partial charge in [-0.05, 0) is 25.5 Å². The molecule has 1 aromatic rings. The number of aryl methyl sites for hydroxylation is 1. The Morgan fingerprint density at radius 2 is 1.94 bits per heavy atom. The van der Waals surface area contributed by atoms with Crippen LogP contribution in [0.15, 0.2) is 18.2 Å². The second-order valence-electron chi connectivity index (χ2n) is 3.58. The highest BCUT2D eigenvalue weighted by Crippen LogP contribution is 2.35. The minimum absolute atomic E-state index is 0.00630. The van der Waals surface area contributed by atoms with Crippen molar-refractivity contribution in [3.8, 4) is 5.75 Å². The average molecular weight is 221 g/mol. The van der Waals surface area contributed by atoms with Gasteiger partial charge in [-0.2, -0.15) is 0 Å². The molecule has 3 nitrogen and oxygen atoms in total. The lowest BCUT2D eigenvalue weighted by Crippen LogP contribution is -2.42. The lowest BCUT2D eigenvalue weighted by molar-refractivity contribution is -0.125. The van der Waals surface area contributed by atoms with Gasteiger partial charge in [-0.3, -0.25) is 4.79 Å². The summed E-state index contributed by atoms with van der Waals surface area (Å²) in [6.07, 6.45) is -0.380. The van der Waals surface area contributed by atoms with Crippen molar-refractivity contribution in [3.63, 3.8) is 0 Å². The van der Waals surface area contributed by atoms with Crippen molar-refractivity contribution in [3.05, 3.63) is 23.8 Å². The predicted octanol–water partition coefficient (Wildman–Crippen LogP) is 2.76. The summed E-state index contributed by atoms with van der Waals surface area (Å²) in [6.45, 7) is 7.74. The van der Waals surface area contributed by atoms with E-state index in [1.807, 2.05) is 39.0 Å². The second kappa shape index (κ2) is 5.01. The van der Waals surface area contributed by atoms with Gasteiger partial charge in [0.2, 0.25) is 0 Å². The van der Waals surface area contributed by atoms with Crippen LogP contribution in [0.5, 0.6) is 5.75 Å². The van der Waals surface area contributed by atoms with E-state index in [9.17, 15) is 4.79 Å². The normalized spacial score (nSPS) is 18.2. The first-order valence-electron chi connectivity index (χ1n) is 5.65. The molecule has 88 valence electrons. The monoisotopic (exact) mass is 221 g/mol. The van der Waals surface area contributed by atoms with Crippen molar-refractivity contribution in [1.29, 1.82) is 0 Å². The Morgan fingerprint density at radius 3 is 2.56 bits per heavy atom. The predicted molar refractivity (Wildman–Crippen MR) is 66.0 cm³/mol. The van der Waals surface area contributed by atoms with Gasteiger partial charge in [0.25, 0.3) is 5.91 Å². The summed E-state index contributed by atoms with van der Waals surface area (Å²) >= 11 is 0. The fraction of sp³-hybridized carbons (Fsp3) is 0.462. The number of para-hydroxylation sites is 1. The molecule has 0 aromatic heterocycles. The van der Waals surface area contributed by atoms with Crippen molar-refractivity contribution in [2.24, 2.45) is 0 Å². The highest BCUT2D eigenvalue weighted by molar-refractivity contribution is 6.00. The molecule has 2 rings (SSSR count). The number of anilines is 1. The number of nitrogens with zero attached hydrogens (tertiary/aromatic N) is 1. The van der Waals surface area contributed by atoms with Gasteiger partial charge >= 0.3 is 0 Å². The fourth-order valence-electron chi connectivity index (χ4n) is 1.78. The Balaban J connectivity index is 0.000000606. The molecule has 0 radical (unpaired) electrons. The maximum atomic E-state index is 11.6. The molecular formula is C13H19NO2. The lowest BCUT2D eigenvalue weighted by Gasteiger charge is -2.31. The van der Waals surface area contributed by atoms with E-state index in [2.05, 4.69) is 0 Å². The van der Waals surface area contributed by atoms with E-state index in [-0.39, 0.29) is 12.0 Å². The van der Waals surface area contributed by atoms with Crippen molar-refractivity contribution in [2.75, 3.05) is 11.9 Å². The van der Waals surface area contributed by atoms with E-state index in [1.165, 1.54) is 0 Å². The van der Waals surface area contributed by atoms with Gasteiger partial charge in [-0.15, -0.1) is 0 Å². The Labute approximate surface area is 97.0 Å². The third kappa shape index (κ3) is 2.03. The number of benzene rings is 1. The molecule has 1 aromatic carbocycles. The van der Waals surface area contributed by atoms with Crippen LogP contribution in [0.3, 0.4) is 0 Å². The molecule has 0 fully saturated rings. The Hall–Kier alpha value is -1.51. The van der Waals surface area contributed by atoms with Crippen molar-refractivity contribution >= 4 is 11.6 Å². The van der Waals surface area contributed by atoms with E-state index in [0.717, 1.165) is 17.0 Å². The minimum Gasteiger partial charge on any atom is -0.479 e. The zero-order chi connectivity index (χ0) is 12.3. The zero-order valence-electron chi connectivity index (χ0n) is 10.6. The molecule has 1 amide bonds. The quantitative estimate of drug-likeness (QED) is 0.674. The largest absolute Gasteiger partial charge is 0.479 e. The summed E-state index contributed by atoms with van der Waals surface area (Å²) in [7, 11) is 1.78. The smallest absolute Gasteiger partial charge is 0.267 e. The van der Waals surface area contributed by atoms with Gasteiger partial charge < -0.3 is 9.64 Å². The lowest BCUT2D eigenvalue weighted by atomic mass is 10.1. The molecule has 0 saturated heterocycles. The Morgan fingerprint density at radius 1 is 1.31 bits per heavy atom. The Kier molecular flexibility index (Phi) is 3.93. The average Bonchev–Trinajstić information content (AvgIpc) is 2.28. The van der Waals surface area contributed by atoms with E-state index >= 15 is 0 Å². The van der Waals surface area contributed by atoms with Crippen LogP contribution in [-0.4, -0.2) is 19.1 Å². The minimum atomic E-state index is -0.380. The van der Waals surface area contributed by atoms with E-state index in [1.54, 1.807) is 18.9 Å². The highest BCUT2D eigenvalue weighted by atomic mass is 16.5. The molecule has 1 unspecified atom stereocenters. The van der Waals surface area contributed by atoms with E-state index < -0.39 is 0 Å². The number of carbonyl (C=O) groups is 1. The van der Waals surface area contributed by atoms with Gasteiger partial charge in [0, 0.05) is 7.05 Å². The summed E-state index contributed by atoms with van der Waals surface area (Å²) in [5, 5.41) is 0. The molecule has 0 saturated carbocycles. The molecule has 1 atom stereocenters. The first-order chi connectivity index (χ1) is 7.61. The molecular weight excluding hydrogens is 202 g/mol. The second-order valence-corrected chi connectivity index (χ2v) is 3.58. The third-order valence-corrected chi connectivity index (χ3v) is 2.52. The van der Waals surface area contributed by atoms with Crippen molar-refractivity contribution in [1.82, 2.24) is 0 Å². The topological polar surface area (TPSA) is 29.5 Å². The number of hydrogen-bond acceptors (Lipinski definition) is 2. The van der Waals surface area contributed by atoms with Crippen LogP contribution in [-0.2, 0) is 4.79 Å². The standard InChI is InChI=1S/C11H13NO2.C2H6/c1-7-5-4-6-9-10(7)12(3)11(13)8(2)14-9;1-2/h4-6,8H,1-3H3;1-2H3. The number of carbonyl (C=O) groups excluding carboxylic acids is 1. The maximum Gasteiger partial charge on any atom is 0.267 e. The van der Waals surface area contributed by atoms with Crippen LogP contribution in [0.1, 0.15) is 26.3 Å². The van der Waals surface area contributed by atoms with Crippen LogP contribution < -0.4 is 9.64 Å². The molecule has 0 N–H and O–H groups in total.